The molecule has 0 bridgehead atoms. The predicted octanol–water partition coefficient (Wildman–Crippen LogP) is 3.71. The zero-order valence-electron chi connectivity index (χ0n) is 18.8. The molecule has 1 amide bonds. The van der Waals surface area contributed by atoms with Crippen molar-refractivity contribution < 1.29 is 9.53 Å². The van der Waals surface area contributed by atoms with E-state index in [1.54, 1.807) is 26.0 Å². The van der Waals surface area contributed by atoms with Gasteiger partial charge in [0.25, 0.3) is 5.91 Å². The first kappa shape index (κ1) is 26.9. The van der Waals surface area contributed by atoms with Gasteiger partial charge in [0, 0.05) is 46.4 Å². The number of aliphatic imine (C=N–C) groups is 1. The fourth-order valence-electron chi connectivity index (χ4n) is 2.96. The van der Waals surface area contributed by atoms with Crippen molar-refractivity contribution in [2.24, 2.45) is 4.99 Å². The van der Waals surface area contributed by atoms with Gasteiger partial charge < -0.3 is 20.3 Å². The lowest BCUT2D eigenvalue weighted by molar-refractivity contribution is 0.0827. The maximum Gasteiger partial charge on any atom is 0.253 e. The molecule has 2 aromatic rings. The molecule has 0 aliphatic carbocycles. The summed E-state index contributed by atoms with van der Waals surface area (Å²) < 4.78 is 5.71. The molecule has 6 nitrogen and oxygen atoms in total. The molecule has 31 heavy (non-hydrogen) atoms. The van der Waals surface area contributed by atoms with Gasteiger partial charge in [0.2, 0.25) is 0 Å². The lowest BCUT2D eigenvalue weighted by Gasteiger charge is -2.13. The van der Waals surface area contributed by atoms with Gasteiger partial charge in [-0.3, -0.25) is 9.79 Å². The second kappa shape index (κ2) is 15.6. The molecule has 0 radical (unpaired) electrons. The Labute approximate surface area is 203 Å². The lowest BCUT2D eigenvalue weighted by atomic mass is 10.1. The number of hydrogen-bond donors (Lipinski definition) is 2. The Kier molecular flexibility index (Phi) is 13.6. The number of ether oxygens (including phenoxy) is 1. The minimum Gasteiger partial charge on any atom is -0.377 e. The van der Waals surface area contributed by atoms with E-state index in [0.29, 0.717) is 6.61 Å². The minimum atomic E-state index is 0. The molecule has 0 aromatic heterocycles. The first-order chi connectivity index (χ1) is 14.6. The van der Waals surface area contributed by atoms with Crippen molar-refractivity contribution in [2.45, 2.75) is 25.9 Å². The normalized spacial score (nSPS) is 10.9. The van der Waals surface area contributed by atoms with E-state index in [1.807, 2.05) is 42.5 Å². The quantitative estimate of drug-likeness (QED) is 0.198. The van der Waals surface area contributed by atoms with Crippen LogP contribution in [0.25, 0.3) is 0 Å². The van der Waals surface area contributed by atoms with Gasteiger partial charge in [-0.15, -0.1) is 24.0 Å². The molecule has 0 aliphatic heterocycles. The smallest absolute Gasteiger partial charge is 0.253 e. The number of rotatable bonds is 11. The summed E-state index contributed by atoms with van der Waals surface area (Å²) in [5.41, 5.74) is 3.05. The van der Waals surface area contributed by atoms with Gasteiger partial charge in [-0.05, 0) is 42.5 Å². The third-order valence-electron chi connectivity index (χ3n) is 4.63. The van der Waals surface area contributed by atoms with Crippen LogP contribution in [-0.4, -0.2) is 57.6 Å². The van der Waals surface area contributed by atoms with Gasteiger partial charge in [0.1, 0.15) is 0 Å². The van der Waals surface area contributed by atoms with E-state index < -0.39 is 0 Å². The van der Waals surface area contributed by atoms with E-state index in [0.717, 1.165) is 56.0 Å². The van der Waals surface area contributed by atoms with Crippen LogP contribution in [0.2, 0.25) is 0 Å². The van der Waals surface area contributed by atoms with Gasteiger partial charge >= 0.3 is 0 Å². The predicted molar refractivity (Wildman–Crippen MR) is 138 cm³/mol. The molecule has 0 saturated carbocycles. The van der Waals surface area contributed by atoms with E-state index in [9.17, 15) is 4.79 Å². The highest BCUT2D eigenvalue weighted by atomic mass is 127. The molecular formula is C24H35IN4O2. The molecule has 2 aromatic carbocycles. The number of carbonyl (C=O) groups is 1. The number of hydrogen-bond acceptors (Lipinski definition) is 3. The highest BCUT2D eigenvalue weighted by Crippen LogP contribution is 2.07. The maximum absolute atomic E-state index is 12.1. The summed E-state index contributed by atoms with van der Waals surface area (Å²) in [5, 5.41) is 6.66. The Balaban J connectivity index is 0.00000480. The Morgan fingerprint density at radius 3 is 2.39 bits per heavy atom. The molecule has 0 fully saturated rings. The van der Waals surface area contributed by atoms with Crippen molar-refractivity contribution in [1.29, 1.82) is 0 Å². The number of carbonyl (C=O) groups excluding carboxylic acids is 1. The number of benzene rings is 2. The fourth-order valence-corrected chi connectivity index (χ4v) is 2.96. The lowest BCUT2D eigenvalue weighted by Crippen LogP contribution is -2.38. The Morgan fingerprint density at radius 1 is 0.968 bits per heavy atom. The summed E-state index contributed by atoms with van der Waals surface area (Å²) in [7, 11) is 5.30. The van der Waals surface area contributed by atoms with Crippen LogP contribution in [0.3, 0.4) is 0 Å². The van der Waals surface area contributed by atoms with Gasteiger partial charge in [-0.25, -0.2) is 0 Å². The number of nitrogens with zero attached hydrogens (tertiary/aromatic N) is 2. The van der Waals surface area contributed by atoms with E-state index >= 15 is 0 Å². The van der Waals surface area contributed by atoms with Crippen LogP contribution >= 0.6 is 24.0 Å². The summed E-state index contributed by atoms with van der Waals surface area (Å²) >= 11 is 0. The Hall–Kier alpha value is -2.13. The number of guanidine groups is 1. The van der Waals surface area contributed by atoms with E-state index in [4.69, 9.17) is 4.74 Å². The van der Waals surface area contributed by atoms with Crippen LogP contribution in [0.15, 0.2) is 59.6 Å². The first-order valence-electron chi connectivity index (χ1n) is 10.5. The molecule has 7 heteroatoms. The molecule has 170 valence electrons. The number of amides is 1. The van der Waals surface area contributed by atoms with Gasteiger partial charge in [-0.1, -0.05) is 42.5 Å². The standard InChI is InChI=1S/C24H34N4O2.HI/c1-25-24(26-15-7-8-17-30-19-21-10-5-4-6-11-21)27-16-14-20-12-9-13-22(18-20)23(29)28(2)3;/h4-6,9-13,18H,7-8,14-17,19H2,1-3H3,(H2,25,26,27);1H. The molecule has 0 aliphatic rings. The number of halogens is 1. The van der Waals surface area contributed by atoms with Gasteiger partial charge in [0.15, 0.2) is 5.96 Å². The second-order valence-corrected chi connectivity index (χ2v) is 7.32. The largest absolute Gasteiger partial charge is 0.377 e. The highest BCUT2D eigenvalue weighted by molar-refractivity contribution is 14.0. The van der Waals surface area contributed by atoms with Crippen molar-refractivity contribution in [3.8, 4) is 0 Å². The summed E-state index contributed by atoms with van der Waals surface area (Å²) in [4.78, 5) is 17.9. The average molecular weight is 538 g/mol. The zero-order valence-corrected chi connectivity index (χ0v) is 21.1. The third-order valence-corrected chi connectivity index (χ3v) is 4.63. The average Bonchev–Trinajstić information content (AvgIpc) is 2.77. The molecule has 2 N–H and O–H groups in total. The number of unbranched alkanes of at least 4 members (excludes halogenated alkanes) is 1. The molecular weight excluding hydrogens is 503 g/mol. The van der Waals surface area contributed by atoms with Crippen LogP contribution in [0.5, 0.6) is 0 Å². The molecule has 0 heterocycles. The van der Waals surface area contributed by atoms with Crippen LogP contribution in [-0.2, 0) is 17.8 Å². The number of nitrogens with one attached hydrogen (secondary N) is 2. The summed E-state index contributed by atoms with van der Waals surface area (Å²) in [6.07, 6.45) is 2.84. The maximum atomic E-state index is 12.1. The molecule has 0 spiro atoms. The Morgan fingerprint density at radius 2 is 1.68 bits per heavy atom. The Bertz CT molecular complexity index is 797. The molecule has 0 saturated heterocycles. The summed E-state index contributed by atoms with van der Waals surface area (Å²) in [6, 6.07) is 18.0. The van der Waals surface area contributed by atoms with Crippen LogP contribution in [0.1, 0.15) is 34.3 Å². The van der Waals surface area contributed by atoms with Crippen molar-refractivity contribution >= 4 is 35.8 Å². The molecule has 0 unspecified atom stereocenters. The van der Waals surface area contributed by atoms with Crippen molar-refractivity contribution in [2.75, 3.05) is 40.8 Å². The molecule has 0 atom stereocenters. The topological polar surface area (TPSA) is 66.0 Å². The monoisotopic (exact) mass is 538 g/mol. The minimum absolute atomic E-state index is 0. The SMILES string of the molecule is CN=C(NCCCCOCc1ccccc1)NCCc1cccc(C(=O)N(C)C)c1.I. The van der Waals surface area contributed by atoms with Crippen molar-refractivity contribution in [3.05, 3.63) is 71.3 Å². The van der Waals surface area contributed by atoms with Crippen molar-refractivity contribution in [3.63, 3.8) is 0 Å². The summed E-state index contributed by atoms with van der Waals surface area (Å²) in [5.74, 6) is 0.816. The molecule has 2 rings (SSSR count). The van der Waals surface area contributed by atoms with Crippen LogP contribution < -0.4 is 10.6 Å². The van der Waals surface area contributed by atoms with Crippen LogP contribution in [0, 0.1) is 0 Å². The zero-order chi connectivity index (χ0) is 21.6. The highest BCUT2D eigenvalue weighted by Gasteiger charge is 2.08. The van der Waals surface area contributed by atoms with E-state index in [1.165, 1.54) is 5.56 Å². The second-order valence-electron chi connectivity index (χ2n) is 7.32. The van der Waals surface area contributed by atoms with Gasteiger partial charge in [-0.2, -0.15) is 0 Å². The third kappa shape index (κ3) is 10.6. The van der Waals surface area contributed by atoms with E-state index in [-0.39, 0.29) is 29.9 Å². The first-order valence-corrected chi connectivity index (χ1v) is 10.5. The van der Waals surface area contributed by atoms with Crippen molar-refractivity contribution in [1.82, 2.24) is 15.5 Å². The van der Waals surface area contributed by atoms with Gasteiger partial charge in [0.05, 0.1) is 6.61 Å². The van der Waals surface area contributed by atoms with E-state index in [2.05, 4.69) is 27.8 Å². The summed E-state index contributed by atoms with van der Waals surface area (Å²) in [6.45, 7) is 3.02. The fraction of sp³-hybridized carbons (Fsp3) is 0.417. The van der Waals surface area contributed by atoms with Crippen LogP contribution in [0.4, 0.5) is 0 Å².